The SMILES string of the molecule is COCCC(C)n1c(=S)[nH]c2cc(C(F)(F)F)ccc21. The van der Waals surface area contributed by atoms with Gasteiger partial charge in [-0.3, -0.25) is 0 Å². The van der Waals surface area contributed by atoms with E-state index in [1.807, 2.05) is 11.5 Å². The number of nitrogens with zero attached hydrogens (tertiary/aromatic N) is 1. The largest absolute Gasteiger partial charge is 0.416 e. The Labute approximate surface area is 119 Å². The number of imidazole rings is 1. The molecule has 0 radical (unpaired) electrons. The fraction of sp³-hybridized carbons (Fsp3) is 0.462. The quantitative estimate of drug-likeness (QED) is 0.853. The summed E-state index contributed by atoms with van der Waals surface area (Å²) in [5, 5.41) is 0. The Hall–Kier alpha value is -1.34. The van der Waals surface area contributed by atoms with Gasteiger partial charge in [-0.1, -0.05) is 0 Å². The molecule has 0 amide bonds. The number of benzene rings is 1. The first kappa shape index (κ1) is 15.1. The van der Waals surface area contributed by atoms with Gasteiger partial charge in [-0.15, -0.1) is 0 Å². The van der Waals surface area contributed by atoms with Crippen molar-refractivity contribution in [2.75, 3.05) is 13.7 Å². The van der Waals surface area contributed by atoms with Crippen LogP contribution in [0.5, 0.6) is 0 Å². The second-order valence-electron chi connectivity index (χ2n) is 4.66. The van der Waals surface area contributed by atoms with Gasteiger partial charge in [-0.05, 0) is 43.8 Å². The zero-order valence-corrected chi connectivity index (χ0v) is 11.9. The van der Waals surface area contributed by atoms with Crippen molar-refractivity contribution in [1.29, 1.82) is 0 Å². The molecular formula is C13H15F3N2OS. The Morgan fingerprint density at radius 1 is 1.40 bits per heavy atom. The monoisotopic (exact) mass is 304 g/mol. The van der Waals surface area contributed by atoms with E-state index in [9.17, 15) is 13.2 Å². The summed E-state index contributed by atoms with van der Waals surface area (Å²) in [4.78, 5) is 2.83. The van der Waals surface area contributed by atoms with Crippen molar-refractivity contribution >= 4 is 23.3 Å². The molecular weight excluding hydrogens is 289 g/mol. The van der Waals surface area contributed by atoms with Crippen molar-refractivity contribution in [2.45, 2.75) is 25.6 Å². The molecule has 0 spiro atoms. The van der Waals surface area contributed by atoms with Gasteiger partial charge in [0, 0.05) is 19.8 Å². The summed E-state index contributed by atoms with van der Waals surface area (Å²) in [5.41, 5.74) is 0.388. The van der Waals surface area contributed by atoms with Crippen molar-refractivity contribution in [3.63, 3.8) is 0 Å². The van der Waals surface area contributed by atoms with E-state index in [1.165, 1.54) is 6.07 Å². The maximum absolute atomic E-state index is 12.7. The van der Waals surface area contributed by atoms with E-state index in [0.717, 1.165) is 18.6 Å². The summed E-state index contributed by atoms with van der Waals surface area (Å²) < 4.78 is 45.3. The average Bonchev–Trinajstić information content (AvgIpc) is 2.69. The molecule has 1 N–H and O–H groups in total. The van der Waals surface area contributed by atoms with Crippen molar-refractivity contribution in [3.8, 4) is 0 Å². The topological polar surface area (TPSA) is 29.9 Å². The van der Waals surface area contributed by atoms with E-state index in [2.05, 4.69) is 4.98 Å². The summed E-state index contributed by atoms with van der Waals surface area (Å²) >= 11 is 5.20. The first-order valence-corrected chi connectivity index (χ1v) is 6.56. The first-order valence-electron chi connectivity index (χ1n) is 6.15. The molecule has 0 saturated heterocycles. The number of alkyl halides is 3. The van der Waals surface area contributed by atoms with Gasteiger partial charge in [0.2, 0.25) is 0 Å². The summed E-state index contributed by atoms with van der Waals surface area (Å²) in [6.07, 6.45) is -3.62. The van der Waals surface area contributed by atoms with Gasteiger partial charge in [0.1, 0.15) is 0 Å². The van der Waals surface area contributed by atoms with E-state index >= 15 is 0 Å². The molecule has 3 nitrogen and oxygen atoms in total. The average molecular weight is 304 g/mol. The van der Waals surface area contributed by atoms with Crippen LogP contribution in [0, 0.1) is 4.77 Å². The van der Waals surface area contributed by atoms with Gasteiger partial charge < -0.3 is 14.3 Å². The van der Waals surface area contributed by atoms with Crippen molar-refractivity contribution < 1.29 is 17.9 Å². The van der Waals surface area contributed by atoms with Crippen molar-refractivity contribution in [1.82, 2.24) is 9.55 Å². The highest BCUT2D eigenvalue weighted by Gasteiger charge is 2.30. The highest BCUT2D eigenvalue weighted by atomic mass is 32.1. The molecule has 0 fully saturated rings. The van der Waals surface area contributed by atoms with Crippen molar-refractivity contribution in [3.05, 3.63) is 28.5 Å². The maximum atomic E-state index is 12.7. The standard InChI is InChI=1S/C13H15F3N2OS/c1-8(5-6-19-2)18-11-4-3-9(13(14,15)16)7-10(11)17-12(18)20/h3-4,7-8H,5-6H2,1-2H3,(H,17,20). The second kappa shape index (κ2) is 5.57. The zero-order valence-electron chi connectivity index (χ0n) is 11.1. The van der Waals surface area contributed by atoms with Crippen molar-refractivity contribution in [2.24, 2.45) is 0 Å². The van der Waals surface area contributed by atoms with Crippen LogP contribution in [0.2, 0.25) is 0 Å². The molecule has 2 rings (SSSR count). The molecule has 1 unspecified atom stereocenters. The third-order valence-electron chi connectivity index (χ3n) is 3.22. The van der Waals surface area contributed by atoms with E-state index in [4.69, 9.17) is 17.0 Å². The van der Waals surface area contributed by atoms with Crippen LogP contribution >= 0.6 is 12.2 Å². The summed E-state index contributed by atoms with van der Waals surface area (Å²) in [6.45, 7) is 2.52. The maximum Gasteiger partial charge on any atom is 0.416 e. The number of rotatable bonds is 4. The molecule has 20 heavy (non-hydrogen) atoms. The minimum absolute atomic E-state index is 0.0490. The fourth-order valence-corrected chi connectivity index (χ4v) is 2.55. The van der Waals surface area contributed by atoms with Crippen LogP contribution in [0.4, 0.5) is 13.2 Å². The van der Waals surface area contributed by atoms with E-state index in [-0.39, 0.29) is 6.04 Å². The number of nitrogens with one attached hydrogen (secondary N) is 1. The molecule has 2 aromatic rings. The lowest BCUT2D eigenvalue weighted by molar-refractivity contribution is -0.137. The van der Waals surface area contributed by atoms with Gasteiger partial charge in [0.25, 0.3) is 0 Å². The predicted octanol–water partition coefficient (Wildman–Crippen LogP) is 4.32. The van der Waals surface area contributed by atoms with Crippen LogP contribution in [0.25, 0.3) is 11.0 Å². The van der Waals surface area contributed by atoms with Crippen LogP contribution in [0.15, 0.2) is 18.2 Å². The molecule has 1 heterocycles. The lowest BCUT2D eigenvalue weighted by Crippen LogP contribution is -2.08. The highest BCUT2D eigenvalue weighted by Crippen LogP contribution is 2.32. The van der Waals surface area contributed by atoms with Gasteiger partial charge >= 0.3 is 6.18 Å². The Bertz CT molecular complexity index is 660. The number of fused-ring (bicyclic) bond motifs is 1. The number of hydrogen-bond acceptors (Lipinski definition) is 2. The molecule has 1 atom stereocenters. The molecule has 1 aromatic heterocycles. The number of H-pyrrole nitrogens is 1. The number of hydrogen-bond donors (Lipinski definition) is 1. The molecule has 0 aliphatic carbocycles. The van der Waals surface area contributed by atoms with E-state index in [1.54, 1.807) is 7.11 Å². The molecule has 1 aromatic carbocycles. The van der Waals surface area contributed by atoms with Crippen LogP contribution < -0.4 is 0 Å². The van der Waals surface area contributed by atoms with Gasteiger partial charge in [0.05, 0.1) is 16.6 Å². The lowest BCUT2D eigenvalue weighted by atomic mass is 10.2. The summed E-state index contributed by atoms with van der Waals surface area (Å²) in [5.74, 6) is 0. The molecule has 0 aliphatic heterocycles. The van der Waals surface area contributed by atoms with E-state index in [0.29, 0.717) is 22.4 Å². The van der Waals surface area contributed by atoms with Crippen LogP contribution in [-0.2, 0) is 10.9 Å². The van der Waals surface area contributed by atoms with Gasteiger partial charge in [-0.25, -0.2) is 0 Å². The number of aromatic amines is 1. The van der Waals surface area contributed by atoms with Crippen LogP contribution in [-0.4, -0.2) is 23.3 Å². The van der Waals surface area contributed by atoms with Crippen LogP contribution in [0.1, 0.15) is 24.9 Å². The Balaban J connectivity index is 2.48. The molecule has 0 bridgehead atoms. The minimum Gasteiger partial charge on any atom is -0.385 e. The predicted molar refractivity (Wildman–Crippen MR) is 73.3 cm³/mol. The molecule has 0 saturated carbocycles. The fourth-order valence-electron chi connectivity index (χ4n) is 2.16. The highest BCUT2D eigenvalue weighted by molar-refractivity contribution is 7.71. The first-order chi connectivity index (χ1) is 9.34. The minimum atomic E-state index is -4.35. The second-order valence-corrected chi connectivity index (χ2v) is 5.05. The third-order valence-corrected chi connectivity index (χ3v) is 3.52. The number of aromatic nitrogens is 2. The normalized spacial score (nSPS) is 13.8. The number of ether oxygens (including phenoxy) is 1. The van der Waals surface area contributed by atoms with E-state index < -0.39 is 11.7 Å². The third kappa shape index (κ3) is 2.88. The molecule has 110 valence electrons. The molecule has 0 aliphatic rings. The van der Waals surface area contributed by atoms with Crippen LogP contribution in [0.3, 0.4) is 0 Å². The summed E-state index contributed by atoms with van der Waals surface area (Å²) in [6, 6.07) is 3.66. The molecule has 7 heteroatoms. The van der Waals surface area contributed by atoms with Gasteiger partial charge in [0.15, 0.2) is 4.77 Å². The Morgan fingerprint density at radius 2 is 2.10 bits per heavy atom. The number of methoxy groups -OCH3 is 1. The summed E-state index contributed by atoms with van der Waals surface area (Å²) in [7, 11) is 1.61. The Morgan fingerprint density at radius 3 is 2.70 bits per heavy atom. The smallest absolute Gasteiger partial charge is 0.385 e. The number of halogens is 3. The zero-order chi connectivity index (χ0) is 14.9. The lowest BCUT2D eigenvalue weighted by Gasteiger charge is -2.14. The van der Waals surface area contributed by atoms with Gasteiger partial charge in [-0.2, -0.15) is 13.2 Å². The Kier molecular flexibility index (Phi) is 4.19.